The molecule has 0 fully saturated rings. The zero-order chi connectivity index (χ0) is 35.5. The van der Waals surface area contributed by atoms with Crippen LogP contribution in [-0.2, 0) is 28.7 Å². The summed E-state index contributed by atoms with van der Waals surface area (Å²) >= 11 is 0. The number of carbonyl (C=O) groups is 4. The Morgan fingerprint density at radius 3 is 0.750 bits per heavy atom. The first-order valence-electron chi connectivity index (χ1n) is 20.2. The third-order valence-electron chi connectivity index (χ3n) is 9.18. The van der Waals surface area contributed by atoms with Crippen LogP contribution in [0.2, 0.25) is 0 Å². The molecule has 0 aliphatic rings. The van der Waals surface area contributed by atoms with Crippen molar-refractivity contribution in [1.82, 2.24) is 0 Å². The predicted molar refractivity (Wildman–Crippen MR) is 193 cm³/mol. The van der Waals surface area contributed by atoms with E-state index < -0.39 is 36.1 Å². The lowest BCUT2D eigenvalue weighted by atomic mass is 10.0. The van der Waals surface area contributed by atoms with Crippen molar-refractivity contribution >= 4 is 23.9 Å². The molecule has 8 nitrogen and oxygen atoms in total. The maximum Gasteiger partial charge on any atom is 0.346 e. The van der Waals surface area contributed by atoms with Gasteiger partial charge in [0.1, 0.15) is 0 Å². The van der Waals surface area contributed by atoms with Gasteiger partial charge in [-0.05, 0) is 12.8 Å². The van der Waals surface area contributed by atoms with Crippen LogP contribution in [0.5, 0.6) is 0 Å². The molecule has 2 atom stereocenters. The average Bonchev–Trinajstić information content (AvgIpc) is 3.07. The Morgan fingerprint density at radius 1 is 0.354 bits per heavy atom. The third kappa shape index (κ3) is 30.3. The molecular formula is C40H74O8. The van der Waals surface area contributed by atoms with Crippen molar-refractivity contribution in [3.8, 4) is 0 Å². The highest BCUT2D eigenvalue weighted by molar-refractivity contribution is 5.94. The van der Waals surface area contributed by atoms with Crippen molar-refractivity contribution < 1.29 is 38.9 Å². The normalized spacial score (nSPS) is 12.5. The molecule has 0 aliphatic carbocycles. The molecule has 0 rings (SSSR count). The lowest BCUT2D eigenvalue weighted by Crippen LogP contribution is -2.42. The van der Waals surface area contributed by atoms with Crippen LogP contribution in [0.15, 0.2) is 0 Å². The monoisotopic (exact) mass is 683 g/mol. The lowest BCUT2D eigenvalue weighted by molar-refractivity contribution is -0.180. The summed E-state index contributed by atoms with van der Waals surface area (Å²) in [6.07, 6.45) is 31.3. The smallest absolute Gasteiger partial charge is 0.346 e. The molecule has 282 valence electrons. The summed E-state index contributed by atoms with van der Waals surface area (Å²) in [4.78, 5) is 48.0. The molecule has 0 aromatic rings. The fourth-order valence-electron chi connectivity index (χ4n) is 5.99. The van der Waals surface area contributed by atoms with Gasteiger partial charge >= 0.3 is 23.9 Å². The van der Waals surface area contributed by atoms with Gasteiger partial charge in [0.2, 0.25) is 0 Å². The van der Waals surface area contributed by atoms with Gasteiger partial charge in [-0.3, -0.25) is 9.59 Å². The largest absolute Gasteiger partial charge is 0.391 e. The summed E-state index contributed by atoms with van der Waals surface area (Å²) in [6.45, 7) is 4.49. The molecule has 2 N–H and O–H groups in total. The Kier molecular flexibility index (Phi) is 33.7. The molecule has 8 heteroatoms. The zero-order valence-corrected chi connectivity index (χ0v) is 31.1. The number of hydrogen-bond acceptors (Lipinski definition) is 8. The molecule has 0 aromatic carbocycles. The van der Waals surface area contributed by atoms with Gasteiger partial charge < -0.3 is 19.7 Å². The first-order chi connectivity index (χ1) is 23.3. The highest BCUT2D eigenvalue weighted by Gasteiger charge is 2.35. The molecule has 0 amide bonds. The Morgan fingerprint density at radius 2 is 0.542 bits per heavy atom. The first kappa shape index (κ1) is 46.2. The minimum Gasteiger partial charge on any atom is -0.391 e. The van der Waals surface area contributed by atoms with Gasteiger partial charge in [-0.15, -0.1) is 0 Å². The maximum atomic E-state index is 12.0. The van der Waals surface area contributed by atoms with E-state index in [1.807, 2.05) is 0 Å². The minimum absolute atomic E-state index is 0.00893. The second kappa shape index (κ2) is 35.0. The van der Waals surface area contributed by atoms with Crippen LogP contribution in [0.1, 0.15) is 219 Å². The van der Waals surface area contributed by atoms with Crippen molar-refractivity contribution in [3.05, 3.63) is 0 Å². The highest BCUT2D eigenvalue weighted by atomic mass is 16.6. The SMILES string of the molecule is CCCCCCCCCCCCCCCCCC(=O)OC(=O)C(O)C(O)C(=O)OC(=O)CCCCCCCCCCCCCCCCC. The van der Waals surface area contributed by atoms with Crippen LogP contribution in [0.25, 0.3) is 0 Å². The van der Waals surface area contributed by atoms with E-state index >= 15 is 0 Å². The summed E-state index contributed by atoms with van der Waals surface area (Å²) in [6, 6.07) is 0. The predicted octanol–water partition coefficient (Wildman–Crippen LogP) is 10.4. The second-order valence-electron chi connectivity index (χ2n) is 13.9. The van der Waals surface area contributed by atoms with E-state index in [-0.39, 0.29) is 12.8 Å². The molecule has 2 unspecified atom stereocenters. The molecule has 0 aliphatic heterocycles. The van der Waals surface area contributed by atoms with Crippen LogP contribution in [0.4, 0.5) is 0 Å². The van der Waals surface area contributed by atoms with Crippen molar-refractivity contribution in [2.45, 2.75) is 232 Å². The van der Waals surface area contributed by atoms with E-state index in [4.69, 9.17) is 0 Å². The van der Waals surface area contributed by atoms with Crippen LogP contribution < -0.4 is 0 Å². The van der Waals surface area contributed by atoms with Gasteiger partial charge in [0, 0.05) is 12.8 Å². The molecule has 0 heterocycles. The number of ether oxygens (including phenoxy) is 2. The molecule has 0 saturated carbocycles. The highest BCUT2D eigenvalue weighted by Crippen LogP contribution is 2.16. The van der Waals surface area contributed by atoms with E-state index in [1.54, 1.807) is 0 Å². The Balaban J connectivity index is 3.74. The van der Waals surface area contributed by atoms with E-state index in [1.165, 1.54) is 141 Å². The number of aliphatic hydroxyl groups excluding tert-OH is 2. The Hall–Kier alpha value is -1.80. The Labute approximate surface area is 293 Å². The lowest BCUT2D eigenvalue weighted by Gasteiger charge is -2.14. The van der Waals surface area contributed by atoms with E-state index in [9.17, 15) is 29.4 Å². The van der Waals surface area contributed by atoms with Crippen molar-refractivity contribution in [2.75, 3.05) is 0 Å². The quantitative estimate of drug-likeness (QED) is 0.0384. The summed E-state index contributed by atoms with van der Waals surface area (Å²) in [5, 5.41) is 19.9. The van der Waals surface area contributed by atoms with Crippen LogP contribution in [-0.4, -0.2) is 46.3 Å². The summed E-state index contributed by atoms with van der Waals surface area (Å²) in [5.74, 6) is -4.50. The van der Waals surface area contributed by atoms with Crippen molar-refractivity contribution in [3.63, 3.8) is 0 Å². The van der Waals surface area contributed by atoms with Crippen LogP contribution >= 0.6 is 0 Å². The molecule has 0 radical (unpaired) electrons. The van der Waals surface area contributed by atoms with Gasteiger partial charge in [0.25, 0.3) is 0 Å². The molecule has 0 aromatic heterocycles. The number of carbonyl (C=O) groups excluding carboxylic acids is 4. The maximum absolute atomic E-state index is 12.0. The summed E-state index contributed by atoms with van der Waals surface area (Å²) in [7, 11) is 0. The van der Waals surface area contributed by atoms with Gasteiger partial charge in [-0.2, -0.15) is 0 Å². The number of rotatable bonds is 35. The average molecular weight is 683 g/mol. The topological polar surface area (TPSA) is 127 Å². The summed E-state index contributed by atoms with van der Waals surface area (Å²) < 4.78 is 9.17. The molecule has 0 spiro atoms. The number of unbranched alkanes of at least 4 members (excludes halogenated alkanes) is 28. The molecule has 0 bridgehead atoms. The van der Waals surface area contributed by atoms with Crippen LogP contribution in [0.3, 0.4) is 0 Å². The third-order valence-corrected chi connectivity index (χ3v) is 9.18. The first-order valence-corrected chi connectivity index (χ1v) is 20.2. The molecule has 48 heavy (non-hydrogen) atoms. The fourth-order valence-corrected chi connectivity index (χ4v) is 5.99. The number of hydrogen-bond donors (Lipinski definition) is 2. The standard InChI is InChI=1S/C40H74O8/c1-3-5-7-9-11-13-15-17-19-21-23-25-27-29-31-33-35(41)47-39(45)37(43)38(44)40(46)48-36(42)34-32-30-28-26-24-22-20-18-16-14-12-10-8-6-4-2/h37-38,43-44H,3-34H2,1-2H3. The van der Waals surface area contributed by atoms with Gasteiger partial charge in [-0.1, -0.05) is 194 Å². The second-order valence-corrected chi connectivity index (χ2v) is 13.9. The number of aliphatic hydroxyl groups is 2. The van der Waals surface area contributed by atoms with E-state index in [0.717, 1.165) is 38.5 Å². The molecular weight excluding hydrogens is 608 g/mol. The van der Waals surface area contributed by atoms with Crippen molar-refractivity contribution in [2.24, 2.45) is 0 Å². The number of esters is 4. The summed E-state index contributed by atoms with van der Waals surface area (Å²) in [5.41, 5.74) is 0. The fraction of sp³-hybridized carbons (Fsp3) is 0.900. The van der Waals surface area contributed by atoms with Crippen molar-refractivity contribution in [1.29, 1.82) is 0 Å². The molecule has 0 saturated heterocycles. The van der Waals surface area contributed by atoms with E-state index in [2.05, 4.69) is 23.3 Å². The van der Waals surface area contributed by atoms with Gasteiger partial charge in [0.05, 0.1) is 0 Å². The zero-order valence-electron chi connectivity index (χ0n) is 31.1. The van der Waals surface area contributed by atoms with E-state index in [0.29, 0.717) is 12.8 Å². The minimum atomic E-state index is -2.30. The van der Waals surface area contributed by atoms with Gasteiger partial charge in [-0.25, -0.2) is 9.59 Å². The Bertz CT molecular complexity index is 719. The van der Waals surface area contributed by atoms with Crippen LogP contribution in [0, 0.1) is 0 Å². The van der Waals surface area contributed by atoms with Gasteiger partial charge in [0.15, 0.2) is 12.2 Å².